The highest BCUT2D eigenvalue weighted by atomic mass is 15.0. The van der Waals surface area contributed by atoms with Crippen molar-refractivity contribution in [3.05, 3.63) is 170 Å². The molecule has 3 heterocycles. The summed E-state index contributed by atoms with van der Waals surface area (Å²) in [6.07, 6.45) is 2.17. The summed E-state index contributed by atoms with van der Waals surface area (Å²) in [5.74, 6) is 0.705. The van der Waals surface area contributed by atoms with Gasteiger partial charge in [0, 0.05) is 50.4 Å². The summed E-state index contributed by atoms with van der Waals surface area (Å²) in [6, 6.07) is 57.3. The van der Waals surface area contributed by atoms with Crippen LogP contribution in [0.4, 0.5) is 0 Å². The van der Waals surface area contributed by atoms with Crippen molar-refractivity contribution < 1.29 is 0 Å². The Morgan fingerprint density at radius 3 is 1.72 bits per heavy atom. The SMILES string of the molecule is c1ccc(-c2cc(-c3ccccc3)nc(-c3ccc(-n4c5ccccc5c5c6c(ccc54)ccn6-c4ccccc4)cc3)n2)cc1. The van der Waals surface area contributed by atoms with Gasteiger partial charge in [-0.15, -0.1) is 0 Å². The zero-order valence-corrected chi connectivity index (χ0v) is 25.0. The van der Waals surface area contributed by atoms with Crippen molar-refractivity contribution >= 4 is 32.7 Å². The van der Waals surface area contributed by atoms with Gasteiger partial charge in [0.1, 0.15) is 0 Å². The number of benzene rings is 6. The largest absolute Gasteiger partial charge is 0.316 e. The molecule has 4 heteroatoms. The molecule has 0 atom stereocenters. The molecule has 0 spiro atoms. The van der Waals surface area contributed by atoms with Crippen LogP contribution in [0.1, 0.15) is 0 Å². The Morgan fingerprint density at radius 2 is 1.04 bits per heavy atom. The van der Waals surface area contributed by atoms with E-state index in [1.54, 1.807) is 0 Å². The minimum Gasteiger partial charge on any atom is -0.316 e. The Hall–Kier alpha value is -6.26. The van der Waals surface area contributed by atoms with Crippen LogP contribution in [0, 0.1) is 0 Å². The van der Waals surface area contributed by atoms with Crippen LogP contribution in [0.25, 0.3) is 78.0 Å². The monoisotopic (exact) mass is 588 g/mol. The van der Waals surface area contributed by atoms with E-state index in [2.05, 4.69) is 143 Å². The van der Waals surface area contributed by atoms with Crippen molar-refractivity contribution in [3.8, 4) is 45.3 Å². The van der Waals surface area contributed by atoms with Crippen molar-refractivity contribution in [1.29, 1.82) is 0 Å². The first kappa shape index (κ1) is 26.2. The molecular formula is C42H28N4. The lowest BCUT2D eigenvalue weighted by Crippen LogP contribution is -1.97. The Balaban J connectivity index is 1.21. The molecule has 0 amide bonds. The molecule has 9 aromatic rings. The highest BCUT2D eigenvalue weighted by molar-refractivity contribution is 6.20. The second-order valence-electron chi connectivity index (χ2n) is 11.5. The summed E-state index contributed by atoms with van der Waals surface area (Å²) in [5, 5.41) is 3.70. The third-order valence-electron chi connectivity index (χ3n) is 8.77. The summed E-state index contributed by atoms with van der Waals surface area (Å²) in [6.45, 7) is 0. The molecule has 0 unspecified atom stereocenters. The van der Waals surface area contributed by atoms with E-state index in [1.807, 2.05) is 36.4 Å². The molecule has 0 saturated heterocycles. The number of aromatic nitrogens is 4. The van der Waals surface area contributed by atoms with Gasteiger partial charge >= 0.3 is 0 Å². The van der Waals surface area contributed by atoms with Crippen LogP contribution in [0.15, 0.2) is 170 Å². The number of fused-ring (bicyclic) bond motifs is 5. The minimum atomic E-state index is 0.705. The lowest BCUT2D eigenvalue weighted by atomic mass is 10.1. The van der Waals surface area contributed by atoms with E-state index in [0.717, 1.165) is 39.5 Å². The quantitative estimate of drug-likeness (QED) is 0.200. The summed E-state index contributed by atoms with van der Waals surface area (Å²) < 4.78 is 4.67. The third-order valence-corrected chi connectivity index (χ3v) is 8.77. The van der Waals surface area contributed by atoms with Crippen molar-refractivity contribution in [2.45, 2.75) is 0 Å². The lowest BCUT2D eigenvalue weighted by Gasteiger charge is -2.11. The smallest absolute Gasteiger partial charge is 0.160 e. The number of nitrogens with zero attached hydrogens (tertiary/aromatic N) is 4. The van der Waals surface area contributed by atoms with Crippen LogP contribution in [0.3, 0.4) is 0 Å². The fourth-order valence-corrected chi connectivity index (χ4v) is 6.61. The van der Waals surface area contributed by atoms with Gasteiger partial charge < -0.3 is 9.13 Å². The third kappa shape index (κ3) is 4.31. The first-order chi connectivity index (χ1) is 22.8. The van der Waals surface area contributed by atoms with Crippen LogP contribution in [0.2, 0.25) is 0 Å². The molecular weight excluding hydrogens is 560 g/mol. The van der Waals surface area contributed by atoms with Crippen LogP contribution in [-0.4, -0.2) is 19.1 Å². The second kappa shape index (κ2) is 10.7. The van der Waals surface area contributed by atoms with Crippen LogP contribution < -0.4 is 0 Å². The maximum Gasteiger partial charge on any atom is 0.160 e. The molecule has 0 bridgehead atoms. The van der Waals surface area contributed by atoms with Crippen molar-refractivity contribution in [2.75, 3.05) is 0 Å². The fraction of sp³-hybridized carbons (Fsp3) is 0. The normalized spacial score (nSPS) is 11.5. The lowest BCUT2D eigenvalue weighted by molar-refractivity contribution is 1.13. The Labute approximate surface area is 266 Å². The van der Waals surface area contributed by atoms with Gasteiger partial charge in [0.2, 0.25) is 0 Å². The highest BCUT2D eigenvalue weighted by Gasteiger charge is 2.18. The molecule has 4 nitrogen and oxygen atoms in total. The standard InChI is InChI=1S/C42H28N4/c1-4-12-29(13-5-1)36-28-37(30-14-6-2-7-15-30)44-42(43-36)32-20-23-34(24-21-32)46-38-19-11-10-18-35(38)40-39(46)25-22-31-26-27-45(41(31)40)33-16-8-3-9-17-33/h1-28H. The zero-order chi connectivity index (χ0) is 30.5. The maximum absolute atomic E-state index is 5.04. The van der Waals surface area contributed by atoms with E-state index in [-0.39, 0.29) is 0 Å². The van der Waals surface area contributed by atoms with E-state index in [0.29, 0.717) is 5.82 Å². The Bertz CT molecular complexity index is 2430. The van der Waals surface area contributed by atoms with Gasteiger partial charge in [-0.2, -0.15) is 0 Å². The molecule has 0 aliphatic rings. The molecule has 3 aromatic heterocycles. The summed E-state index contributed by atoms with van der Waals surface area (Å²) in [5.41, 5.74) is 10.7. The molecule has 0 N–H and O–H groups in total. The Morgan fingerprint density at radius 1 is 0.435 bits per heavy atom. The predicted molar refractivity (Wildman–Crippen MR) is 190 cm³/mol. The Kier molecular flexibility index (Phi) is 6.10. The highest BCUT2D eigenvalue weighted by Crippen LogP contribution is 2.38. The first-order valence-corrected chi connectivity index (χ1v) is 15.5. The number of rotatable bonds is 5. The van der Waals surface area contributed by atoms with Gasteiger partial charge in [0.05, 0.1) is 27.9 Å². The van der Waals surface area contributed by atoms with Crippen molar-refractivity contribution in [3.63, 3.8) is 0 Å². The van der Waals surface area contributed by atoms with E-state index >= 15 is 0 Å². The first-order valence-electron chi connectivity index (χ1n) is 15.5. The van der Waals surface area contributed by atoms with Crippen molar-refractivity contribution in [1.82, 2.24) is 19.1 Å². The van der Waals surface area contributed by atoms with Crippen molar-refractivity contribution in [2.24, 2.45) is 0 Å². The fourth-order valence-electron chi connectivity index (χ4n) is 6.61. The molecule has 0 aliphatic carbocycles. The van der Waals surface area contributed by atoms with Crippen LogP contribution in [-0.2, 0) is 0 Å². The molecule has 0 saturated carbocycles. The zero-order valence-electron chi connectivity index (χ0n) is 25.0. The number of hydrogen-bond donors (Lipinski definition) is 0. The molecule has 46 heavy (non-hydrogen) atoms. The van der Waals surface area contributed by atoms with Gasteiger partial charge in [-0.3, -0.25) is 0 Å². The van der Waals surface area contributed by atoms with Gasteiger partial charge in [-0.1, -0.05) is 103 Å². The average Bonchev–Trinajstić information content (AvgIpc) is 3.72. The van der Waals surface area contributed by atoms with Gasteiger partial charge in [-0.25, -0.2) is 9.97 Å². The van der Waals surface area contributed by atoms with E-state index in [9.17, 15) is 0 Å². The van der Waals surface area contributed by atoms with E-state index in [4.69, 9.17) is 9.97 Å². The van der Waals surface area contributed by atoms with Gasteiger partial charge in [0.25, 0.3) is 0 Å². The minimum absolute atomic E-state index is 0.705. The van der Waals surface area contributed by atoms with Gasteiger partial charge in [0.15, 0.2) is 5.82 Å². The summed E-state index contributed by atoms with van der Waals surface area (Å²) in [4.78, 5) is 10.1. The molecule has 216 valence electrons. The van der Waals surface area contributed by atoms with E-state index < -0.39 is 0 Å². The molecule has 9 rings (SSSR count). The number of para-hydroxylation sites is 2. The maximum atomic E-state index is 5.04. The number of hydrogen-bond acceptors (Lipinski definition) is 2. The molecule has 0 radical (unpaired) electrons. The molecule has 0 aliphatic heterocycles. The molecule has 0 fully saturated rings. The topological polar surface area (TPSA) is 35.6 Å². The predicted octanol–water partition coefficient (Wildman–Crippen LogP) is 10.5. The summed E-state index contributed by atoms with van der Waals surface area (Å²) in [7, 11) is 0. The summed E-state index contributed by atoms with van der Waals surface area (Å²) >= 11 is 0. The molecule has 6 aromatic carbocycles. The van der Waals surface area contributed by atoms with E-state index in [1.165, 1.54) is 32.7 Å². The average molecular weight is 589 g/mol. The second-order valence-corrected chi connectivity index (χ2v) is 11.5. The van der Waals surface area contributed by atoms with Crippen LogP contribution in [0.5, 0.6) is 0 Å². The van der Waals surface area contributed by atoms with Crippen LogP contribution >= 0.6 is 0 Å². The van der Waals surface area contributed by atoms with Gasteiger partial charge in [-0.05, 0) is 60.7 Å².